The van der Waals surface area contributed by atoms with Gasteiger partial charge in [0.25, 0.3) is 0 Å². The van der Waals surface area contributed by atoms with E-state index in [1.165, 1.54) is 18.4 Å². The van der Waals surface area contributed by atoms with Crippen LogP contribution in [0.2, 0.25) is 0 Å². The summed E-state index contributed by atoms with van der Waals surface area (Å²) in [5.41, 5.74) is 1.38. The van der Waals surface area contributed by atoms with Crippen molar-refractivity contribution in [2.24, 2.45) is 5.92 Å². The Hall–Kier alpha value is -1.02. The van der Waals surface area contributed by atoms with Crippen LogP contribution in [-0.4, -0.2) is 18.8 Å². The summed E-state index contributed by atoms with van der Waals surface area (Å²) in [6.07, 6.45) is 5.79. The zero-order valence-electron chi connectivity index (χ0n) is 15.2. The van der Waals surface area contributed by atoms with Gasteiger partial charge in [-0.05, 0) is 63.6 Å². The first-order valence-electron chi connectivity index (χ1n) is 8.82. The summed E-state index contributed by atoms with van der Waals surface area (Å²) in [6.45, 7) is 12.5. The molecule has 1 rings (SSSR count). The molecule has 0 amide bonds. The first-order valence-corrected chi connectivity index (χ1v) is 8.82. The normalized spacial score (nSPS) is 13.1. The summed E-state index contributed by atoms with van der Waals surface area (Å²) in [6, 6.07) is 8.45. The van der Waals surface area contributed by atoms with Crippen molar-refractivity contribution in [2.45, 2.75) is 72.3 Å². The average molecular weight is 306 g/mol. The lowest BCUT2D eigenvalue weighted by atomic mass is 9.95. The predicted octanol–water partition coefficient (Wildman–Crippen LogP) is 5.64. The maximum absolute atomic E-state index is 5.84. The smallest absolute Gasteiger partial charge is 0.119 e. The zero-order valence-corrected chi connectivity index (χ0v) is 15.2. The highest BCUT2D eigenvalue weighted by Crippen LogP contribution is 2.21. The molecule has 0 saturated heterocycles. The Morgan fingerprint density at radius 1 is 1.05 bits per heavy atom. The highest BCUT2D eigenvalue weighted by Gasteiger charge is 2.17. The van der Waals surface area contributed by atoms with E-state index in [2.05, 4.69) is 58.9 Å². The van der Waals surface area contributed by atoms with E-state index < -0.39 is 0 Å². The Labute approximate surface area is 137 Å². The molecular formula is C20H34O2. The first kappa shape index (κ1) is 19.0. The molecule has 1 aromatic rings. The lowest BCUT2D eigenvalue weighted by molar-refractivity contribution is -0.0183. The zero-order chi connectivity index (χ0) is 16.4. The molecule has 1 aromatic carbocycles. The topological polar surface area (TPSA) is 18.5 Å². The third kappa shape index (κ3) is 7.84. The van der Waals surface area contributed by atoms with Crippen molar-refractivity contribution in [2.75, 3.05) is 13.2 Å². The highest BCUT2D eigenvalue weighted by molar-refractivity contribution is 5.27. The van der Waals surface area contributed by atoms with E-state index in [-0.39, 0.29) is 5.60 Å². The Balaban J connectivity index is 2.16. The van der Waals surface area contributed by atoms with Crippen LogP contribution in [0.15, 0.2) is 24.3 Å². The third-order valence-corrected chi connectivity index (χ3v) is 4.22. The summed E-state index contributed by atoms with van der Waals surface area (Å²) < 4.78 is 11.6. The van der Waals surface area contributed by atoms with Crippen LogP contribution in [-0.2, 0) is 11.2 Å². The number of benzene rings is 1. The van der Waals surface area contributed by atoms with Crippen LogP contribution in [0.5, 0.6) is 5.75 Å². The molecule has 0 aliphatic carbocycles. The Morgan fingerprint density at radius 3 is 2.32 bits per heavy atom. The van der Waals surface area contributed by atoms with Gasteiger partial charge in [0.05, 0.1) is 12.2 Å². The summed E-state index contributed by atoms with van der Waals surface area (Å²) in [7, 11) is 0. The van der Waals surface area contributed by atoms with E-state index in [1.54, 1.807) is 0 Å². The van der Waals surface area contributed by atoms with Gasteiger partial charge in [0, 0.05) is 6.61 Å². The number of aryl methyl sites for hydroxylation is 1. The Morgan fingerprint density at radius 2 is 1.73 bits per heavy atom. The molecule has 0 heterocycles. The second-order valence-corrected chi connectivity index (χ2v) is 6.82. The molecule has 2 nitrogen and oxygen atoms in total. The van der Waals surface area contributed by atoms with Crippen LogP contribution in [0.3, 0.4) is 0 Å². The van der Waals surface area contributed by atoms with Gasteiger partial charge in [-0.15, -0.1) is 0 Å². The molecule has 0 N–H and O–H groups in total. The number of rotatable bonds is 11. The van der Waals surface area contributed by atoms with Gasteiger partial charge in [-0.3, -0.25) is 0 Å². The van der Waals surface area contributed by atoms with Gasteiger partial charge in [0.15, 0.2) is 0 Å². The monoisotopic (exact) mass is 306 g/mol. The SMILES string of the molecule is CCOC(C)(C)CCCC(C)CCOc1ccc(CC)cc1. The van der Waals surface area contributed by atoms with Crippen molar-refractivity contribution < 1.29 is 9.47 Å². The number of hydrogen-bond donors (Lipinski definition) is 0. The van der Waals surface area contributed by atoms with Crippen LogP contribution in [0.4, 0.5) is 0 Å². The van der Waals surface area contributed by atoms with Crippen LogP contribution in [0.25, 0.3) is 0 Å². The van der Waals surface area contributed by atoms with Crippen LogP contribution >= 0.6 is 0 Å². The van der Waals surface area contributed by atoms with Crippen molar-refractivity contribution in [3.63, 3.8) is 0 Å². The molecule has 0 bridgehead atoms. The fourth-order valence-electron chi connectivity index (χ4n) is 2.68. The van der Waals surface area contributed by atoms with Gasteiger partial charge in [-0.25, -0.2) is 0 Å². The molecule has 0 radical (unpaired) electrons. The van der Waals surface area contributed by atoms with Crippen LogP contribution in [0.1, 0.15) is 65.9 Å². The minimum atomic E-state index is 0.0198. The van der Waals surface area contributed by atoms with Crippen molar-refractivity contribution >= 4 is 0 Å². The highest BCUT2D eigenvalue weighted by atomic mass is 16.5. The molecule has 0 fully saturated rings. The molecule has 0 aromatic heterocycles. The second-order valence-electron chi connectivity index (χ2n) is 6.82. The van der Waals surface area contributed by atoms with E-state index >= 15 is 0 Å². The second kappa shape index (κ2) is 9.89. The summed E-state index contributed by atoms with van der Waals surface area (Å²) in [5, 5.41) is 0. The molecule has 126 valence electrons. The lowest BCUT2D eigenvalue weighted by Crippen LogP contribution is -2.24. The lowest BCUT2D eigenvalue weighted by Gasteiger charge is -2.25. The van der Waals surface area contributed by atoms with Gasteiger partial charge >= 0.3 is 0 Å². The van der Waals surface area contributed by atoms with Crippen molar-refractivity contribution in [3.8, 4) is 5.75 Å². The standard InChI is InChI=1S/C20H34O2/c1-6-18-10-12-19(13-11-18)21-16-14-17(3)9-8-15-20(4,5)22-7-2/h10-13,17H,6-9,14-16H2,1-5H3. The molecule has 22 heavy (non-hydrogen) atoms. The fourth-order valence-corrected chi connectivity index (χ4v) is 2.68. The van der Waals surface area contributed by atoms with Gasteiger partial charge in [-0.1, -0.05) is 38.8 Å². The average Bonchev–Trinajstić information content (AvgIpc) is 2.47. The molecule has 1 unspecified atom stereocenters. The van der Waals surface area contributed by atoms with Crippen LogP contribution in [0, 0.1) is 5.92 Å². The van der Waals surface area contributed by atoms with Gasteiger partial charge in [0.1, 0.15) is 5.75 Å². The van der Waals surface area contributed by atoms with E-state index in [4.69, 9.17) is 9.47 Å². The van der Waals surface area contributed by atoms with Crippen molar-refractivity contribution in [3.05, 3.63) is 29.8 Å². The van der Waals surface area contributed by atoms with E-state index in [0.717, 1.165) is 38.2 Å². The number of ether oxygens (including phenoxy) is 2. The predicted molar refractivity (Wildman–Crippen MR) is 94.7 cm³/mol. The van der Waals surface area contributed by atoms with Gasteiger partial charge in [-0.2, -0.15) is 0 Å². The van der Waals surface area contributed by atoms with Gasteiger partial charge in [0.2, 0.25) is 0 Å². The molecule has 0 saturated carbocycles. The summed E-state index contributed by atoms with van der Waals surface area (Å²) in [4.78, 5) is 0. The van der Waals surface area contributed by atoms with Gasteiger partial charge < -0.3 is 9.47 Å². The van der Waals surface area contributed by atoms with Crippen molar-refractivity contribution in [1.82, 2.24) is 0 Å². The number of hydrogen-bond acceptors (Lipinski definition) is 2. The maximum atomic E-state index is 5.84. The molecule has 2 heteroatoms. The largest absolute Gasteiger partial charge is 0.494 e. The summed E-state index contributed by atoms with van der Waals surface area (Å²) >= 11 is 0. The third-order valence-electron chi connectivity index (χ3n) is 4.22. The minimum absolute atomic E-state index is 0.0198. The van der Waals surface area contributed by atoms with E-state index in [1.807, 2.05) is 0 Å². The quantitative estimate of drug-likeness (QED) is 0.527. The van der Waals surface area contributed by atoms with E-state index in [0.29, 0.717) is 5.92 Å². The van der Waals surface area contributed by atoms with Crippen molar-refractivity contribution in [1.29, 1.82) is 0 Å². The molecule has 0 aliphatic heterocycles. The maximum Gasteiger partial charge on any atom is 0.119 e. The van der Waals surface area contributed by atoms with Crippen LogP contribution < -0.4 is 4.74 Å². The fraction of sp³-hybridized carbons (Fsp3) is 0.700. The molecule has 0 aliphatic rings. The Bertz CT molecular complexity index is 395. The summed E-state index contributed by atoms with van der Waals surface area (Å²) in [5.74, 6) is 1.69. The molecule has 1 atom stereocenters. The van der Waals surface area contributed by atoms with E-state index in [9.17, 15) is 0 Å². The minimum Gasteiger partial charge on any atom is -0.494 e. The molecular weight excluding hydrogens is 272 g/mol. The first-order chi connectivity index (χ1) is 10.5. The Kier molecular flexibility index (Phi) is 8.55. The molecule has 0 spiro atoms.